The molecule has 2 fully saturated rings. The second-order valence-corrected chi connectivity index (χ2v) is 6.10. The van der Waals surface area contributed by atoms with Crippen molar-refractivity contribution >= 4 is 16.9 Å². The Morgan fingerprint density at radius 2 is 1.95 bits per heavy atom. The summed E-state index contributed by atoms with van der Waals surface area (Å²) in [6.07, 6.45) is 2.35. The molecule has 4 rings (SSSR count). The van der Waals surface area contributed by atoms with E-state index in [9.17, 15) is 4.79 Å². The van der Waals surface area contributed by atoms with Gasteiger partial charge in [0.25, 0.3) is 5.91 Å². The molecule has 0 radical (unpaired) electrons. The average molecular weight is 285 g/mol. The quantitative estimate of drug-likeness (QED) is 0.820. The van der Waals surface area contributed by atoms with Gasteiger partial charge in [-0.1, -0.05) is 5.21 Å². The largest absolute Gasteiger partial charge is 0.338 e. The third kappa shape index (κ3) is 2.29. The van der Waals surface area contributed by atoms with Crippen molar-refractivity contribution in [1.29, 1.82) is 0 Å². The molecule has 0 spiro atoms. The van der Waals surface area contributed by atoms with Gasteiger partial charge in [0, 0.05) is 18.7 Å². The molecule has 0 saturated carbocycles. The lowest BCUT2D eigenvalue weighted by atomic mass is 9.92. The number of nitrogens with one attached hydrogen (secondary N) is 2. The minimum Gasteiger partial charge on any atom is -0.338 e. The Bertz CT molecular complexity index is 653. The molecule has 6 nitrogen and oxygen atoms in total. The van der Waals surface area contributed by atoms with Gasteiger partial charge in [0.05, 0.1) is 5.52 Å². The predicted octanol–water partition coefficient (Wildman–Crippen LogP) is 1.03. The standard InChI is InChI=1S/C15H19N5O/c21-15(10-1-2-13-14(7-10)18-19-17-13)20-8-11-3-5-16-6-4-12(11)9-20/h1-2,7,11-12,16H,3-6,8-9H2,(H,17,18,19)/t11-,12+. The smallest absolute Gasteiger partial charge is 0.253 e. The maximum Gasteiger partial charge on any atom is 0.253 e. The summed E-state index contributed by atoms with van der Waals surface area (Å²) in [6, 6.07) is 5.57. The van der Waals surface area contributed by atoms with Crippen molar-refractivity contribution in [1.82, 2.24) is 25.6 Å². The molecule has 110 valence electrons. The number of fused-ring (bicyclic) bond motifs is 2. The summed E-state index contributed by atoms with van der Waals surface area (Å²) in [4.78, 5) is 14.7. The number of amides is 1. The highest BCUT2D eigenvalue weighted by Gasteiger charge is 2.35. The maximum atomic E-state index is 12.7. The Morgan fingerprint density at radius 1 is 1.19 bits per heavy atom. The lowest BCUT2D eigenvalue weighted by Gasteiger charge is -2.17. The highest BCUT2D eigenvalue weighted by atomic mass is 16.2. The number of H-pyrrole nitrogens is 1. The molecule has 1 amide bonds. The molecule has 1 aromatic carbocycles. The first-order valence-electron chi connectivity index (χ1n) is 7.62. The van der Waals surface area contributed by atoms with E-state index in [1.165, 1.54) is 12.8 Å². The fourth-order valence-corrected chi connectivity index (χ4v) is 3.62. The summed E-state index contributed by atoms with van der Waals surface area (Å²) in [5.74, 6) is 1.43. The molecule has 2 N–H and O–H groups in total. The molecular formula is C15H19N5O. The molecule has 0 unspecified atom stereocenters. The van der Waals surface area contributed by atoms with Gasteiger partial charge in [-0.25, -0.2) is 0 Å². The van der Waals surface area contributed by atoms with E-state index in [0.717, 1.165) is 37.2 Å². The molecule has 1 aromatic heterocycles. The van der Waals surface area contributed by atoms with Crippen LogP contribution in [0.5, 0.6) is 0 Å². The third-order valence-electron chi connectivity index (χ3n) is 4.82. The van der Waals surface area contributed by atoms with Gasteiger partial charge in [0.15, 0.2) is 0 Å². The van der Waals surface area contributed by atoms with Gasteiger partial charge in [-0.3, -0.25) is 9.89 Å². The van der Waals surface area contributed by atoms with Crippen LogP contribution in [0.2, 0.25) is 0 Å². The molecule has 2 saturated heterocycles. The Labute approximate surface area is 122 Å². The van der Waals surface area contributed by atoms with Crippen LogP contribution in [-0.4, -0.2) is 52.4 Å². The molecule has 2 atom stereocenters. The minimum atomic E-state index is 0.126. The Hall–Kier alpha value is -1.95. The number of likely N-dealkylation sites (tertiary alicyclic amines) is 1. The number of aromatic amines is 1. The van der Waals surface area contributed by atoms with E-state index < -0.39 is 0 Å². The first-order chi connectivity index (χ1) is 10.3. The number of rotatable bonds is 1. The van der Waals surface area contributed by atoms with E-state index in [-0.39, 0.29) is 5.91 Å². The summed E-state index contributed by atoms with van der Waals surface area (Å²) < 4.78 is 0. The monoisotopic (exact) mass is 285 g/mol. The lowest BCUT2D eigenvalue weighted by Crippen LogP contribution is -2.30. The summed E-state index contributed by atoms with van der Waals surface area (Å²) >= 11 is 0. The van der Waals surface area contributed by atoms with Gasteiger partial charge in [0.1, 0.15) is 5.52 Å². The van der Waals surface area contributed by atoms with E-state index >= 15 is 0 Å². The summed E-state index contributed by atoms with van der Waals surface area (Å²) in [5, 5.41) is 14.0. The van der Waals surface area contributed by atoms with Gasteiger partial charge >= 0.3 is 0 Å². The maximum absolute atomic E-state index is 12.7. The summed E-state index contributed by atoms with van der Waals surface area (Å²) in [6.45, 7) is 3.94. The van der Waals surface area contributed by atoms with Crippen LogP contribution in [0.4, 0.5) is 0 Å². The van der Waals surface area contributed by atoms with Crippen molar-refractivity contribution in [3.8, 4) is 0 Å². The van der Waals surface area contributed by atoms with E-state index in [2.05, 4.69) is 20.7 Å². The second-order valence-electron chi connectivity index (χ2n) is 6.10. The molecule has 2 aliphatic heterocycles. The highest BCUT2D eigenvalue weighted by molar-refractivity contribution is 5.97. The van der Waals surface area contributed by atoms with Gasteiger partial charge in [-0.15, -0.1) is 5.10 Å². The number of nitrogens with zero attached hydrogens (tertiary/aromatic N) is 3. The van der Waals surface area contributed by atoms with E-state index in [4.69, 9.17) is 0 Å². The number of benzene rings is 1. The molecular weight excluding hydrogens is 266 g/mol. The number of hydrogen-bond acceptors (Lipinski definition) is 4. The normalized spacial score (nSPS) is 25.8. The van der Waals surface area contributed by atoms with Crippen LogP contribution < -0.4 is 5.32 Å². The first kappa shape index (κ1) is 12.8. The zero-order chi connectivity index (χ0) is 14.2. The van der Waals surface area contributed by atoms with Crippen molar-refractivity contribution in [2.75, 3.05) is 26.2 Å². The summed E-state index contributed by atoms with van der Waals surface area (Å²) in [5.41, 5.74) is 2.33. The van der Waals surface area contributed by atoms with E-state index in [0.29, 0.717) is 17.4 Å². The van der Waals surface area contributed by atoms with Crippen LogP contribution in [0.1, 0.15) is 23.2 Å². The van der Waals surface area contributed by atoms with Crippen molar-refractivity contribution in [3.63, 3.8) is 0 Å². The molecule has 2 aliphatic rings. The van der Waals surface area contributed by atoms with Crippen molar-refractivity contribution < 1.29 is 4.79 Å². The highest BCUT2D eigenvalue weighted by Crippen LogP contribution is 2.31. The molecule has 2 aromatic rings. The Morgan fingerprint density at radius 3 is 2.71 bits per heavy atom. The number of carbonyl (C=O) groups excluding carboxylic acids is 1. The van der Waals surface area contributed by atoms with Crippen LogP contribution in [0.15, 0.2) is 18.2 Å². The zero-order valence-electron chi connectivity index (χ0n) is 11.9. The first-order valence-corrected chi connectivity index (χ1v) is 7.62. The Kier molecular flexibility index (Phi) is 3.11. The molecule has 6 heteroatoms. The fourth-order valence-electron chi connectivity index (χ4n) is 3.62. The van der Waals surface area contributed by atoms with Crippen molar-refractivity contribution in [2.24, 2.45) is 11.8 Å². The summed E-state index contributed by atoms with van der Waals surface area (Å²) in [7, 11) is 0. The number of aromatic nitrogens is 3. The van der Waals surface area contributed by atoms with E-state index in [1.807, 2.05) is 23.1 Å². The van der Waals surface area contributed by atoms with Crippen LogP contribution in [0.3, 0.4) is 0 Å². The SMILES string of the molecule is O=C(c1ccc2[nH]nnc2c1)N1C[C@H]2CCNCC[C@H]2C1. The van der Waals surface area contributed by atoms with Gasteiger partial charge in [0.2, 0.25) is 0 Å². The van der Waals surface area contributed by atoms with E-state index in [1.54, 1.807) is 0 Å². The number of hydrogen-bond donors (Lipinski definition) is 2. The fraction of sp³-hybridized carbons (Fsp3) is 0.533. The minimum absolute atomic E-state index is 0.126. The van der Waals surface area contributed by atoms with Crippen LogP contribution in [-0.2, 0) is 0 Å². The average Bonchev–Trinajstić information content (AvgIpc) is 3.08. The van der Waals surface area contributed by atoms with Crippen LogP contribution in [0.25, 0.3) is 11.0 Å². The second kappa shape index (κ2) is 5.11. The van der Waals surface area contributed by atoms with Crippen LogP contribution in [0, 0.1) is 11.8 Å². The van der Waals surface area contributed by atoms with Crippen molar-refractivity contribution in [3.05, 3.63) is 23.8 Å². The van der Waals surface area contributed by atoms with Gasteiger partial charge < -0.3 is 10.2 Å². The third-order valence-corrected chi connectivity index (χ3v) is 4.82. The zero-order valence-corrected chi connectivity index (χ0v) is 11.9. The predicted molar refractivity (Wildman–Crippen MR) is 78.9 cm³/mol. The molecule has 0 bridgehead atoms. The molecule has 3 heterocycles. The molecule has 21 heavy (non-hydrogen) atoms. The molecule has 0 aliphatic carbocycles. The van der Waals surface area contributed by atoms with Gasteiger partial charge in [-0.2, -0.15) is 0 Å². The topological polar surface area (TPSA) is 73.9 Å². The van der Waals surface area contributed by atoms with Gasteiger partial charge in [-0.05, 0) is 56.0 Å². The number of carbonyl (C=O) groups is 1. The van der Waals surface area contributed by atoms with Crippen molar-refractivity contribution in [2.45, 2.75) is 12.8 Å². The lowest BCUT2D eigenvalue weighted by molar-refractivity contribution is 0.0782. The Balaban J connectivity index is 1.54. The van der Waals surface area contributed by atoms with Crippen LogP contribution >= 0.6 is 0 Å².